The Kier molecular flexibility index (Phi) is 10.2. The molecule has 0 spiro atoms. The monoisotopic (exact) mass is 575 g/mol. The average molecular weight is 576 g/mol. The van der Waals surface area contributed by atoms with Crippen LogP contribution in [0, 0.1) is 0 Å². The third kappa shape index (κ3) is 5.71. The average Bonchev–Trinajstić information content (AvgIpc) is 3.23. The SMILES string of the molecule is CN(C)[As]1P(C2CCCCC2)P(C2CCCCC2)P(C2CCCCC2)P1C1CCCCC1. The van der Waals surface area contributed by atoms with Gasteiger partial charge in [0.1, 0.15) is 0 Å². The van der Waals surface area contributed by atoms with Crippen molar-refractivity contribution in [3.05, 3.63) is 0 Å². The van der Waals surface area contributed by atoms with Crippen LogP contribution in [0.3, 0.4) is 0 Å². The summed E-state index contributed by atoms with van der Waals surface area (Å²) < 4.78 is 3.04. The molecule has 5 fully saturated rings. The number of hydrogen-bond acceptors (Lipinski definition) is 1. The van der Waals surface area contributed by atoms with E-state index in [1.54, 1.807) is 128 Å². The van der Waals surface area contributed by atoms with Crippen molar-refractivity contribution in [3.63, 3.8) is 0 Å². The normalized spacial score (nSPS) is 39.7. The van der Waals surface area contributed by atoms with E-state index in [9.17, 15) is 0 Å². The Morgan fingerprint density at radius 3 is 1.00 bits per heavy atom. The second kappa shape index (κ2) is 12.7. The van der Waals surface area contributed by atoms with E-state index in [0.29, 0.717) is 26.9 Å². The number of nitrogens with zero attached hydrogens (tertiary/aromatic N) is 1. The predicted octanol–water partition coefficient (Wildman–Crippen LogP) is 10.5. The molecule has 0 aromatic rings. The quantitative estimate of drug-likeness (QED) is 0.233. The summed E-state index contributed by atoms with van der Waals surface area (Å²) in [6, 6.07) is 0. The molecule has 5 aliphatic rings. The van der Waals surface area contributed by atoms with Gasteiger partial charge in [0.2, 0.25) is 0 Å². The molecule has 0 aromatic carbocycles. The van der Waals surface area contributed by atoms with Crippen molar-refractivity contribution >= 4 is 40.9 Å². The summed E-state index contributed by atoms with van der Waals surface area (Å²) in [5.41, 5.74) is 4.96. The molecule has 0 aromatic heterocycles. The maximum absolute atomic E-state index is 3.04. The fourth-order valence-electron chi connectivity index (χ4n) is 7.36. The zero-order valence-corrected chi connectivity index (χ0v) is 26.6. The molecule has 1 nitrogen and oxygen atoms in total. The van der Waals surface area contributed by atoms with Gasteiger partial charge in [-0.25, -0.2) is 0 Å². The van der Waals surface area contributed by atoms with Gasteiger partial charge in [-0.3, -0.25) is 0 Å². The van der Waals surface area contributed by atoms with Gasteiger partial charge in [-0.15, -0.1) is 0 Å². The second-order valence-corrected chi connectivity index (χ2v) is 44.6. The summed E-state index contributed by atoms with van der Waals surface area (Å²) in [6.45, 7) is 0. The molecule has 6 heteroatoms. The van der Waals surface area contributed by atoms with Crippen LogP contribution >= 0.6 is 26.9 Å². The van der Waals surface area contributed by atoms with E-state index in [1.165, 1.54) is 22.6 Å². The summed E-state index contributed by atoms with van der Waals surface area (Å²) in [5, 5.41) is 0. The van der Waals surface area contributed by atoms with Crippen LogP contribution in [0.5, 0.6) is 0 Å². The van der Waals surface area contributed by atoms with Crippen LogP contribution in [0.4, 0.5) is 0 Å². The van der Waals surface area contributed by atoms with E-state index in [0.717, 1.165) is 0 Å². The van der Waals surface area contributed by atoms with Crippen LogP contribution in [-0.2, 0) is 0 Å². The molecular formula is C26H50AsNP4. The fraction of sp³-hybridized carbons (Fsp3) is 1.00. The van der Waals surface area contributed by atoms with Gasteiger partial charge in [-0.1, -0.05) is 0 Å². The minimum atomic E-state index is -0.860. The Bertz CT molecular complexity index is 522. The van der Waals surface area contributed by atoms with Gasteiger partial charge in [0.05, 0.1) is 0 Å². The first-order valence-electron chi connectivity index (χ1n) is 14.4. The maximum atomic E-state index is 3.04. The Hall–Kier alpha value is 2.24. The molecule has 32 heavy (non-hydrogen) atoms. The Labute approximate surface area is 209 Å². The van der Waals surface area contributed by atoms with Crippen molar-refractivity contribution in [2.24, 2.45) is 0 Å². The Morgan fingerprint density at radius 1 is 0.438 bits per heavy atom. The zero-order valence-electron chi connectivity index (χ0n) is 21.1. The molecule has 1 saturated heterocycles. The molecule has 4 atom stereocenters. The summed E-state index contributed by atoms with van der Waals surface area (Å²) in [4.78, 5) is 0. The number of rotatable bonds is 5. The first kappa shape index (κ1) is 25.9. The summed E-state index contributed by atoms with van der Waals surface area (Å²) in [5.74, 6) is 0. The van der Waals surface area contributed by atoms with Crippen molar-refractivity contribution in [2.45, 2.75) is 151 Å². The van der Waals surface area contributed by atoms with Crippen LogP contribution in [0.15, 0.2) is 0 Å². The van der Waals surface area contributed by atoms with Gasteiger partial charge in [-0.05, 0) is 0 Å². The Morgan fingerprint density at radius 2 is 0.719 bits per heavy atom. The molecule has 5 rings (SSSR count). The molecule has 4 saturated carbocycles. The molecule has 184 valence electrons. The van der Waals surface area contributed by atoms with Crippen molar-refractivity contribution < 1.29 is 0 Å². The summed E-state index contributed by atoms with van der Waals surface area (Å²) >= 11 is -0.860. The van der Waals surface area contributed by atoms with Gasteiger partial charge in [0, 0.05) is 0 Å². The van der Waals surface area contributed by atoms with E-state index in [2.05, 4.69) is 17.9 Å². The van der Waals surface area contributed by atoms with Crippen molar-refractivity contribution in [1.82, 2.24) is 3.82 Å². The van der Waals surface area contributed by atoms with Crippen LogP contribution < -0.4 is 0 Å². The van der Waals surface area contributed by atoms with Crippen molar-refractivity contribution in [1.29, 1.82) is 0 Å². The first-order valence-corrected chi connectivity index (χ1v) is 27.9. The second-order valence-electron chi connectivity index (χ2n) is 11.6. The van der Waals surface area contributed by atoms with Gasteiger partial charge < -0.3 is 0 Å². The number of hydrogen-bond donors (Lipinski definition) is 0. The molecular weight excluding hydrogens is 525 g/mol. The zero-order chi connectivity index (χ0) is 21.9. The van der Waals surface area contributed by atoms with Gasteiger partial charge in [0.25, 0.3) is 0 Å². The van der Waals surface area contributed by atoms with Crippen LogP contribution in [0.1, 0.15) is 128 Å². The third-order valence-corrected chi connectivity index (χ3v) is 75.9. The van der Waals surface area contributed by atoms with E-state index >= 15 is 0 Å². The minimum absolute atomic E-state index is 0.410. The Balaban J connectivity index is 1.55. The predicted molar refractivity (Wildman–Crippen MR) is 155 cm³/mol. The van der Waals surface area contributed by atoms with E-state index in [1.807, 2.05) is 0 Å². The van der Waals surface area contributed by atoms with Crippen LogP contribution in [0.25, 0.3) is 0 Å². The van der Waals surface area contributed by atoms with Crippen molar-refractivity contribution in [2.75, 3.05) is 14.1 Å². The van der Waals surface area contributed by atoms with Gasteiger partial charge in [-0.2, -0.15) is 0 Å². The van der Waals surface area contributed by atoms with Gasteiger partial charge in [0.15, 0.2) is 0 Å². The molecule has 0 radical (unpaired) electrons. The molecule has 1 heterocycles. The van der Waals surface area contributed by atoms with E-state index < -0.39 is 14.0 Å². The third-order valence-electron chi connectivity index (χ3n) is 8.96. The molecule has 0 N–H and O–H groups in total. The van der Waals surface area contributed by atoms with Crippen LogP contribution in [-0.4, -0.2) is 54.5 Å². The summed E-state index contributed by atoms with van der Waals surface area (Å²) in [6.07, 6.45) is 33.2. The van der Waals surface area contributed by atoms with Crippen molar-refractivity contribution in [3.8, 4) is 0 Å². The molecule has 4 aliphatic carbocycles. The molecule has 0 bridgehead atoms. The molecule has 4 unspecified atom stereocenters. The fourth-order valence-corrected chi connectivity index (χ4v) is 126. The first-order chi connectivity index (χ1) is 15.8. The van der Waals surface area contributed by atoms with E-state index in [4.69, 9.17) is 0 Å². The standard InChI is InChI=1S/C26H50AsNP4/c1-28(2)27-29(23-15-7-3-8-16-23)31(25-19-11-5-12-20-25)32(26-21-13-6-14-22-26)30(27)24-17-9-4-10-18-24/h23-26H,3-22H2,1-2H3. The molecule has 1 aliphatic heterocycles. The van der Waals surface area contributed by atoms with E-state index in [-0.39, 0.29) is 0 Å². The van der Waals surface area contributed by atoms with Gasteiger partial charge >= 0.3 is 210 Å². The molecule has 0 amide bonds. The van der Waals surface area contributed by atoms with Crippen LogP contribution in [0.2, 0.25) is 0 Å². The summed E-state index contributed by atoms with van der Waals surface area (Å²) in [7, 11) is 6.05. The topological polar surface area (TPSA) is 3.24 Å².